The fraction of sp³-hybridized carbons (Fsp3) is 0.529. The number of piperazine rings is 2. The molecule has 1 atom stereocenters. The Morgan fingerprint density at radius 2 is 2.04 bits per heavy atom. The number of fused-ring (bicyclic) bond motifs is 1. The van der Waals surface area contributed by atoms with Crippen molar-refractivity contribution in [1.29, 1.82) is 0 Å². The van der Waals surface area contributed by atoms with Crippen LogP contribution in [0, 0.1) is 0 Å². The topological polar surface area (TPSA) is 55.9 Å². The molecular weight excluding hydrogens is 292 g/mol. The van der Waals surface area contributed by atoms with Gasteiger partial charge in [0.05, 0.1) is 0 Å². The molecule has 2 aliphatic heterocycles. The Bertz CT molecular complexity index is 602. The number of nitrogens with one attached hydrogen (secondary N) is 1. The minimum atomic E-state index is -0.206. The second kappa shape index (κ2) is 6.68. The lowest BCUT2D eigenvalue weighted by atomic mass is 10.0. The molecular formula is C17H24N4O2. The minimum absolute atomic E-state index is 0.0282. The molecule has 2 saturated heterocycles. The summed E-state index contributed by atoms with van der Waals surface area (Å²) in [6.07, 6.45) is 0. The van der Waals surface area contributed by atoms with E-state index in [-0.39, 0.29) is 17.9 Å². The largest absolute Gasteiger partial charge is 0.353 e. The Morgan fingerprint density at radius 1 is 1.26 bits per heavy atom. The van der Waals surface area contributed by atoms with Crippen molar-refractivity contribution in [3.8, 4) is 0 Å². The predicted octanol–water partition coefficient (Wildman–Crippen LogP) is 0.00440. The van der Waals surface area contributed by atoms with Crippen LogP contribution in [0.1, 0.15) is 15.9 Å². The van der Waals surface area contributed by atoms with Crippen LogP contribution in [0.5, 0.6) is 0 Å². The van der Waals surface area contributed by atoms with E-state index >= 15 is 0 Å². The zero-order valence-electron chi connectivity index (χ0n) is 13.8. The van der Waals surface area contributed by atoms with Crippen LogP contribution in [0.25, 0.3) is 0 Å². The number of rotatable bonds is 3. The third kappa shape index (κ3) is 3.38. The van der Waals surface area contributed by atoms with Crippen LogP contribution in [0.2, 0.25) is 0 Å². The van der Waals surface area contributed by atoms with Crippen molar-refractivity contribution in [2.45, 2.75) is 12.6 Å². The molecule has 6 nitrogen and oxygen atoms in total. The molecule has 6 heteroatoms. The van der Waals surface area contributed by atoms with Crippen LogP contribution in [0.4, 0.5) is 0 Å². The summed E-state index contributed by atoms with van der Waals surface area (Å²) in [4.78, 5) is 31.0. The summed E-state index contributed by atoms with van der Waals surface area (Å²) in [6.45, 7) is 4.22. The molecule has 0 radical (unpaired) electrons. The van der Waals surface area contributed by atoms with Gasteiger partial charge in [0.15, 0.2) is 0 Å². The second-order valence-corrected chi connectivity index (χ2v) is 6.49. The first-order valence-corrected chi connectivity index (χ1v) is 8.10. The van der Waals surface area contributed by atoms with Crippen LogP contribution in [-0.2, 0) is 11.3 Å². The number of amides is 2. The number of carbonyl (C=O) groups excluding carboxylic acids is 2. The van der Waals surface area contributed by atoms with Gasteiger partial charge in [-0.1, -0.05) is 18.2 Å². The molecule has 23 heavy (non-hydrogen) atoms. The van der Waals surface area contributed by atoms with E-state index in [0.29, 0.717) is 19.6 Å². The highest BCUT2D eigenvalue weighted by atomic mass is 16.2. The molecule has 2 heterocycles. The fourth-order valence-corrected chi connectivity index (χ4v) is 3.34. The van der Waals surface area contributed by atoms with E-state index in [9.17, 15) is 9.59 Å². The van der Waals surface area contributed by atoms with E-state index in [4.69, 9.17) is 0 Å². The van der Waals surface area contributed by atoms with Gasteiger partial charge in [0, 0.05) is 44.8 Å². The van der Waals surface area contributed by atoms with Crippen molar-refractivity contribution in [3.05, 3.63) is 35.4 Å². The van der Waals surface area contributed by atoms with E-state index < -0.39 is 0 Å². The Hall–Kier alpha value is -1.92. The number of benzene rings is 1. The predicted molar refractivity (Wildman–Crippen MR) is 88.1 cm³/mol. The molecule has 2 amide bonds. The highest BCUT2D eigenvalue weighted by Gasteiger charge is 2.36. The van der Waals surface area contributed by atoms with Crippen molar-refractivity contribution in [2.24, 2.45) is 0 Å². The molecule has 0 unspecified atom stereocenters. The van der Waals surface area contributed by atoms with Gasteiger partial charge in [-0.3, -0.25) is 14.5 Å². The van der Waals surface area contributed by atoms with Crippen LogP contribution >= 0.6 is 0 Å². The molecule has 2 fully saturated rings. The normalized spacial score (nSPS) is 22.0. The maximum Gasteiger partial charge on any atom is 0.254 e. The smallest absolute Gasteiger partial charge is 0.254 e. The molecule has 1 aromatic rings. The van der Waals surface area contributed by atoms with Crippen molar-refractivity contribution in [2.75, 3.05) is 46.8 Å². The summed E-state index contributed by atoms with van der Waals surface area (Å²) in [5.74, 6) is 0.0656. The monoisotopic (exact) mass is 316 g/mol. The Balaban J connectivity index is 1.77. The molecule has 0 saturated carbocycles. The summed E-state index contributed by atoms with van der Waals surface area (Å²) in [6, 6.07) is 7.53. The lowest BCUT2D eigenvalue weighted by Crippen LogP contribution is -2.64. The Labute approximate surface area is 137 Å². The standard InChI is InChI=1S/C17H24N4O2/c1-19(2)11-13-5-3-4-6-14(13)17(23)21-10-9-20-8-7-18-16(22)15(20)12-21/h3-6,15H,7-12H2,1-2H3,(H,18,22)/t15-/m0/s1. The van der Waals surface area contributed by atoms with Crippen molar-refractivity contribution in [3.63, 3.8) is 0 Å². The Morgan fingerprint density at radius 3 is 2.83 bits per heavy atom. The van der Waals surface area contributed by atoms with Gasteiger partial charge < -0.3 is 15.1 Å². The van der Waals surface area contributed by atoms with Crippen molar-refractivity contribution < 1.29 is 9.59 Å². The third-order valence-corrected chi connectivity index (χ3v) is 4.51. The third-order valence-electron chi connectivity index (χ3n) is 4.51. The highest BCUT2D eigenvalue weighted by Crippen LogP contribution is 2.18. The van der Waals surface area contributed by atoms with E-state index in [0.717, 1.165) is 30.8 Å². The van der Waals surface area contributed by atoms with Gasteiger partial charge in [-0.2, -0.15) is 0 Å². The first kappa shape index (κ1) is 16.0. The van der Waals surface area contributed by atoms with Gasteiger partial charge in [0.1, 0.15) is 6.04 Å². The number of hydrogen-bond acceptors (Lipinski definition) is 4. The molecule has 3 rings (SSSR count). The van der Waals surface area contributed by atoms with Gasteiger partial charge in [-0.25, -0.2) is 0 Å². The fourth-order valence-electron chi connectivity index (χ4n) is 3.34. The molecule has 124 valence electrons. The summed E-state index contributed by atoms with van der Waals surface area (Å²) in [5, 5.41) is 2.89. The molecule has 0 bridgehead atoms. The molecule has 0 aliphatic carbocycles. The lowest BCUT2D eigenvalue weighted by molar-refractivity contribution is -0.131. The van der Waals surface area contributed by atoms with Crippen LogP contribution in [0.15, 0.2) is 24.3 Å². The van der Waals surface area contributed by atoms with Crippen molar-refractivity contribution >= 4 is 11.8 Å². The highest BCUT2D eigenvalue weighted by molar-refractivity contribution is 5.96. The Kier molecular flexibility index (Phi) is 4.63. The molecule has 1 aromatic carbocycles. The zero-order valence-corrected chi connectivity index (χ0v) is 13.8. The van der Waals surface area contributed by atoms with E-state index in [1.54, 1.807) is 0 Å². The molecule has 0 aromatic heterocycles. The second-order valence-electron chi connectivity index (χ2n) is 6.49. The maximum atomic E-state index is 12.9. The van der Waals surface area contributed by atoms with Gasteiger partial charge in [-0.05, 0) is 25.7 Å². The van der Waals surface area contributed by atoms with Crippen LogP contribution < -0.4 is 5.32 Å². The van der Waals surface area contributed by atoms with Crippen LogP contribution in [-0.4, -0.2) is 79.4 Å². The average Bonchev–Trinajstić information content (AvgIpc) is 2.54. The van der Waals surface area contributed by atoms with Gasteiger partial charge in [-0.15, -0.1) is 0 Å². The zero-order chi connectivity index (χ0) is 16.4. The molecule has 1 N–H and O–H groups in total. The lowest BCUT2D eigenvalue weighted by Gasteiger charge is -2.43. The number of carbonyl (C=O) groups is 2. The quantitative estimate of drug-likeness (QED) is 0.853. The molecule has 2 aliphatic rings. The minimum Gasteiger partial charge on any atom is -0.353 e. The summed E-state index contributed by atoms with van der Waals surface area (Å²) in [7, 11) is 3.98. The maximum absolute atomic E-state index is 12.9. The average molecular weight is 316 g/mol. The van der Waals surface area contributed by atoms with E-state index in [2.05, 4.69) is 15.1 Å². The SMILES string of the molecule is CN(C)Cc1ccccc1C(=O)N1CCN2CCNC(=O)[C@@H]2C1. The summed E-state index contributed by atoms with van der Waals surface area (Å²) in [5.41, 5.74) is 1.77. The van der Waals surface area contributed by atoms with E-state index in [1.807, 2.05) is 43.3 Å². The summed E-state index contributed by atoms with van der Waals surface area (Å²) >= 11 is 0. The summed E-state index contributed by atoms with van der Waals surface area (Å²) < 4.78 is 0. The van der Waals surface area contributed by atoms with E-state index in [1.165, 1.54) is 0 Å². The van der Waals surface area contributed by atoms with Crippen molar-refractivity contribution in [1.82, 2.24) is 20.0 Å². The van der Waals surface area contributed by atoms with Gasteiger partial charge in [0.2, 0.25) is 5.91 Å². The number of nitrogens with zero attached hydrogens (tertiary/aromatic N) is 3. The molecule has 0 spiro atoms. The van der Waals surface area contributed by atoms with Crippen LogP contribution in [0.3, 0.4) is 0 Å². The van der Waals surface area contributed by atoms with Gasteiger partial charge >= 0.3 is 0 Å². The number of hydrogen-bond donors (Lipinski definition) is 1. The van der Waals surface area contributed by atoms with Gasteiger partial charge in [0.25, 0.3) is 5.91 Å². The first-order valence-electron chi connectivity index (χ1n) is 8.10. The first-order chi connectivity index (χ1) is 11.1.